The Hall–Kier alpha value is -3.97. The van der Waals surface area contributed by atoms with Gasteiger partial charge in [-0.15, -0.1) is 0 Å². The van der Waals surface area contributed by atoms with E-state index in [1.165, 1.54) is 11.1 Å². The van der Waals surface area contributed by atoms with Crippen molar-refractivity contribution in [2.75, 3.05) is 36.1 Å². The summed E-state index contributed by atoms with van der Waals surface area (Å²) in [6.07, 6.45) is 1.82. The summed E-state index contributed by atoms with van der Waals surface area (Å²) in [7, 11) is 0. The highest BCUT2D eigenvalue weighted by Crippen LogP contribution is 2.29. The Bertz CT molecular complexity index is 1260. The van der Waals surface area contributed by atoms with Crippen LogP contribution < -0.4 is 9.80 Å². The standard InChI is InChI=1S/C28H29N5O2/c1-21-8-10-22(11-9-21)19-33(20-24-6-2-3-12-29-24)27-18-26(23-5-4-7-25(34)17-23)30-28(31-27)32-13-15-35-16-14-32/h2-12,17-18,34H,13-16,19-20H2,1H3. The highest BCUT2D eigenvalue weighted by molar-refractivity contribution is 5.66. The number of hydrogen-bond acceptors (Lipinski definition) is 7. The van der Waals surface area contributed by atoms with Crippen molar-refractivity contribution < 1.29 is 9.84 Å². The van der Waals surface area contributed by atoms with Crippen molar-refractivity contribution in [3.63, 3.8) is 0 Å². The molecule has 35 heavy (non-hydrogen) atoms. The first kappa shape index (κ1) is 22.8. The third-order valence-corrected chi connectivity index (χ3v) is 6.03. The molecule has 3 heterocycles. The highest BCUT2D eigenvalue weighted by atomic mass is 16.5. The molecule has 0 unspecified atom stereocenters. The zero-order valence-electron chi connectivity index (χ0n) is 19.8. The molecule has 1 aliphatic heterocycles. The monoisotopic (exact) mass is 467 g/mol. The molecule has 0 radical (unpaired) electrons. The quantitative estimate of drug-likeness (QED) is 0.426. The van der Waals surface area contributed by atoms with Crippen LogP contribution in [0.25, 0.3) is 11.3 Å². The summed E-state index contributed by atoms with van der Waals surface area (Å²) in [5, 5.41) is 10.1. The Balaban J connectivity index is 1.58. The fourth-order valence-electron chi connectivity index (χ4n) is 4.12. The van der Waals surface area contributed by atoms with E-state index < -0.39 is 0 Å². The molecule has 1 aliphatic rings. The van der Waals surface area contributed by atoms with Gasteiger partial charge in [0, 0.05) is 37.5 Å². The molecule has 0 amide bonds. The van der Waals surface area contributed by atoms with E-state index in [4.69, 9.17) is 14.7 Å². The lowest BCUT2D eigenvalue weighted by Gasteiger charge is -2.29. The predicted molar refractivity (Wildman–Crippen MR) is 137 cm³/mol. The zero-order chi connectivity index (χ0) is 24.0. The maximum Gasteiger partial charge on any atom is 0.228 e. The summed E-state index contributed by atoms with van der Waals surface area (Å²) in [6, 6.07) is 23.7. The van der Waals surface area contributed by atoms with E-state index in [9.17, 15) is 5.11 Å². The molecule has 4 aromatic rings. The van der Waals surface area contributed by atoms with Gasteiger partial charge in [0.05, 0.1) is 31.1 Å². The van der Waals surface area contributed by atoms with Crippen LogP contribution >= 0.6 is 0 Å². The number of benzene rings is 2. The van der Waals surface area contributed by atoms with Crippen LogP contribution in [-0.4, -0.2) is 46.4 Å². The molecule has 178 valence electrons. The van der Waals surface area contributed by atoms with Crippen LogP contribution in [0.15, 0.2) is 79.0 Å². The number of hydrogen-bond donors (Lipinski definition) is 1. The number of aromatic hydroxyl groups is 1. The molecular weight excluding hydrogens is 438 g/mol. The second-order valence-electron chi connectivity index (χ2n) is 8.72. The van der Waals surface area contributed by atoms with Crippen molar-refractivity contribution in [1.29, 1.82) is 0 Å². The molecule has 5 rings (SSSR count). The molecular formula is C28H29N5O2. The number of anilines is 2. The van der Waals surface area contributed by atoms with E-state index in [0.717, 1.165) is 35.9 Å². The third kappa shape index (κ3) is 5.75. The summed E-state index contributed by atoms with van der Waals surface area (Å²) in [5.74, 6) is 1.69. The van der Waals surface area contributed by atoms with Gasteiger partial charge < -0.3 is 19.6 Å². The molecule has 1 fully saturated rings. The second kappa shape index (κ2) is 10.5. The van der Waals surface area contributed by atoms with Crippen molar-refractivity contribution in [3.05, 3.63) is 95.8 Å². The molecule has 7 nitrogen and oxygen atoms in total. The summed E-state index contributed by atoms with van der Waals surface area (Å²) in [5.41, 5.74) is 4.99. The van der Waals surface area contributed by atoms with E-state index in [-0.39, 0.29) is 5.75 Å². The van der Waals surface area contributed by atoms with Crippen LogP contribution in [0.1, 0.15) is 16.8 Å². The normalized spacial score (nSPS) is 13.6. The number of pyridine rings is 1. The Morgan fingerprint density at radius 2 is 1.74 bits per heavy atom. The first-order valence-electron chi connectivity index (χ1n) is 11.9. The topological polar surface area (TPSA) is 74.6 Å². The molecule has 2 aromatic carbocycles. The van der Waals surface area contributed by atoms with Gasteiger partial charge in [-0.05, 0) is 36.8 Å². The minimum absolute atomic E-state index is 0.209. The van der Waals surface area contributed by atoms with Crippen LogP contribution in [0.4, 0.5) is 11.8 Å². The van der Waals surface area contributed by atoms with Gasteiger partial charge in [-0.25, -0.2) is 4.98 Å². The molecule has 1 saturated heterocycles. The van der Waals surface area contributed by atoms with Crippen LogP contribution in [0.5, 0.6) is 5.75 Å². The van der Waals surface area contributed by atoms with Crippen molar-refractivity contribution >= 4 is 11.8 Å². The molecule has 1 N–H and O–H groups in total. The van der Waals surface area contributed by atoms with Gasteiger partial charge in [0.1, 0.15) is 11.6 Å². The van der Waals surface area contributed by atoms with Crippen LogP contribution in [0, 0.1) is 6.92 Å². The number of aryl methyl sites for hydroxylation is 1. The van der Waals surface area contributed by atoms with Gasteiger partial charge in [0.2, 0.25) is 5.95 Å². The average Bonchev–Trinajstić information content (AvgIpc) is 2.90. The van der Waals surface area contributed by atoms with E-state index in [0.29, 0.717) is 32.3 Å². The van der Waals surface area contributed by atoms with E-state index in [1.807, 2.05) is 42.6 Å². The number of nitrogens with zero attached hydrogens (tertiary/aromatic N) is 5. The van der Waals surface area contributed by atoms with Gasteiger partial charge in [-0.2, -0.15) is 4.98 Å². The van der Waals surface area contributed by atoms with Crippen molar-refractivity contribution in [3.8, 4) is 17.0 Å². The Kier molecular flexibility index (Phi) is 6.86. The Morgan fingerprint density at radius 1 is 0.914 bits per heavy atom. The highest BCUT2D eigenvalue weighted by Gasteiger charge is 2.20. The van der Waals surface area contributed by atoms with Crippen molar-refractivity contribution in [2.45, 2.75) is 20.0 Å². The average molecular weight is 468 g/mol. The van der Waals surface area contributed by atoms with E-state index >= 15 is 0 Å². The predicted octanol–water partition coefficient (Wildman–Crippen LogP) is 4.60. The summed E-state index contributed by atoms with van der Waals surface area (Å²) in [6.45, 7) is 6.15. The van der Waals surface area contributed by atoms with Gasteiger partial charge in [-0.3, -0.25) is 4.98 Å². The minimum Gasteiger partial charge on any atom is -0.508 e. The van der Waals surface area contributed by atoms with Crippen LogP contribution in [-0.2, 0) is 17.8 Å². The van der Waals surface area contributed by atoms with Crippen molar-refractivity contribution in [2.24, 2.45) is 0 Å². The first-order chi connectivity index (χ1) is 17.1. The molecule has 0 aliphatic carbocycles. The van der Waals surface area contributed by atoms with Gasteiger partial charge in [0.15, 0.2) is 0 Å². The van der Waals surface area contributed by atoms with Gasteiger partial charge in [0.25, 0.3) is 0 Å². The Labute approximate surface area is 205 Å². The van der Waals surface area contributed by atoms with E-state index in [1.54, 1.807) is 12.1 Å². The van der Waals surface area contributed by atoms with Crippen LogP contribution in [0.3, 0.4) is 0 Å². The molecule has 2 aromatic heterocycles. The summed E-state index contributed by atoms with van der Waals surface area (Å²) >= 11 is 0. The first-order valence-corrected chi connectivity index (χ1v) is 11.9. The number of ether oxygens (including phenoxy) is 1. The summed E-state index contributed by atoms with van der Waals surface area (Å²) < 4.78 is 5.55. The van der Waals surface area contributed by atoms with Gasteiger partial charge >= 0.3 is 0 Å². The Morgan fingerprint density at radius 3 is 2.49 bits per heavy atom. The number of phenolic OH excluding ortho intramolecular Hbond substituents is 1. The zero-order valence-corrected chi connectivity index (χ0v) is 19.8. The number of phenols is 1. The molecule has 0 bridgehead atoms. The number of aromatic nitrogens is 3. The fourth-order valence-corrected chi connectivity index (χ4v) is 4.12. The lowest BCUT2D eigenvalue weighted by molar-refractivity contribution is 0.122. The maximum absolute atomic E-state index is 10.1. The number of morpholine rings is 1. The van der Waals surface area contributed by atoms with E-state index in [2.05, 4.69) is 46.0 Å². The third-order valence-electron chi connectivity index (χ3n) is 6.03. The molecule has 0 saturated carbocycles. The largest absolute Gasteiger partial charge is 0.508 e. The minimum atomic E-state index is 0.209. The lowest BCUT2D eigenvalue weighted by Crippen LogP contribution is -2.37. The SMILES string of the molecule is Cc1ccc(CN(Cc2ccccn2)c2cc(-c3cccc(O)c3)nc(N3CCOCC3)n2)cc1. The van der Waals surface area contributed by atoms with Crippen molar-refractivity contribution in [1.82, 2.24) is 15.0 Å². The smallest absolute Gasteiger partial charge is 0.228 e. The van der Waals surface area contributed by atoms with Crippen LogP contribution in [0.2, 0.25) is 0 Å². The molecule has 0 spiro atoms. The fraction of sp³-hybridized carbons (Fsp3) is 0.250. The summed E-state index contributed by atoms with van der Waals surface area (Å²) in [4.78, 5) is 18.8. The molecule has 0 atom stereocenters. The molecule has 7 heteroatoms. The second-order valence-corrected chi connectivity index (χ2v) is 8.72. The maximum atomic E-state index is 10.1. The lowest BCUT2D eigenvalue weighted by atomic mass is 10.1. The van der Waals surface area contributed by atoms with Gasteiger partial charge in [-0.1, -0.05) is 48.0 Å². The number of rotatable bonds is 7.